The lowest BCUT2D eigenvalue weighted by Gasteiger charge is -2.07. The van der Waals surface area contributed by atoms with Crippen molar-refractivity contribution in [3.8, 4) is 11.5 Å². The zero-order valence-corrected chi connectivity index (χ0v) is 15.7. The Morgan fingerprint density at radius 2 is 1.74 bits per heavy atom. The summed E-state index contributed by atoms with van der Waals surface area (Å²) in [6.45, 7) is 3.43. The fraction of sp³-hybridized carbons (Fsp3) is 0.158. The number of carbonyl (C=O) groups is 2. The summed E-state index contributed by atoms with van der Waals surface area (Å²) in [5, 5.41) is 13.7. The Bertz CT molecular complexity index is 954. The first-order valence-corrected chi connectivity index (χ1v) is 9.19. The fourth-order valence-electron chi connectivity index (χ4n) is 2.28. The van der Waals surface area contributed by atoms with Crippen LogP contribution in [-0.2, 0) is 9.59 Å². The minimum Gasteiger partial charge on any atom is -0.411 e. The van der Waals surface area contributed by atoms with Crippen LogP contribution in [0.4, 0.5) is 11.4 Å². The maximum atomic E-state index is 12.1. The van der Waals surface area contributed by atoms with E-state index in [-0.39, 0.29) is 17.6 Å². The molecule has 0 aliphatic rings. The molecule has 3 aromatic rings. The Kier molecular flexibility index (Phi) is 5.87. The quantitative estimate of drug-likeness (QED) is 0.631. The second-order valence-electron chi connectivity index (χ2n) is 5.84. The number of amides is 2. The minimum atomic E-state index is -0.213. The summed E-state index contributed by atoms with van der Waals surface area (Å²) >= 11 is 1.16. The number of nitrogens with zero attached hydrogens (tertiary/aromatic N) is 2. The van der Waals surface area contributed by atoms with Crippen molar-refractivity contribution in [2.24, 2.45) is 0 Å². The number of anilines is 2. The molecule has 0 saturated carbocycles. The highest BCUT2D eigenvalue weighted by Gasteiger charge is 2.11. The van der Waals surface area contributed by atoms with Gasteiger partial charge in [-0.2, -0.15) is 0 Å². The van der Waals surface area contributed by atoms with Gasteiger partial charge in [-0.1, -0.05) is 35.5 Å². The monoisotopic (exact) mass is 382 g/mol. The molecule has 0 radical (unpaired) electrons. The fourth-order valence-corrected chi connectivity index (χ4v) is 2.85. The molecule has 0 atom stereocenters. The van der Waals surface area contributed by atoms with E-state index in [4.69, 9.17) is 4.42 Å². The number of hydrogen-bond acceptors (Lipinski definition) is 6. The van der Waals surface area contributed by atoms with Crippen LogP contribution in [0.25, 0.3) is 11.5 Å². The van der Waals surface area contributed by atoms with Crippen molar-refractivity contribution < 1.29 is 14.0 Å². The van der Waals surface area contributed by atoms with Gasteiger partial charge in [-0.05, 0) is 37.3 Å². The third-order valence-electron chi connectivity index (χ3n) is 3.50. The topological polar surface area (TPSA) is 97.1 Å². The molecular weight excluding hydrogens is 364 g/mol. The van der Waals surface area contributed by atoms with Gasteiger partial charge < -0.3 is 15.1 Å². The zero-order chi connectivity index (χ0) is 19.2. The Balaban J connectivity index is 1.55. The van der Waals surface area contributed by atoms with Crippen molar-refractivity contribution in [2.45, 2.75) is 19.1 Å². The Labute approximate surface area is 160 Å². The van der Waals surface area contributed by atoms with Gasteiger partial charge >= 0.3 is 0 Å². The summed E-state index contributed by atoms with van der Waals surface area (Å²) < 4.78 is 5.59. The van der Waals surface area contributed by atoms with Crippen LogP contribution in [0.5, 0.6) is 0 Å². The normalized spacial score (nSPS) is 10.4. The highest BCUT2D eigenvalue weighted by molar-refractivity contribution is 7.99. The van der Waals surface area contributed by atoms with Crippen LogP contribution in [0.15, 0.2) is 58.2 Å². The molecule has 0 spiro atoms. The summed E-state index contributed by atoms with van der Waals surface area (Å²) in [6, 6.07) is 14.7. The maximum absolute atomic E-state index is 12.1. The lowest BCUT2D eigenvalue weighted by Crippen LogP contribution is -2.14. The van der Waals surface area contributed by atoms with Crippen LogP contribution in [0.2, 0.25) is 0 Å². The highest BCUT2D eigenvalue weighted by atomic mass is 32.2. The number of aromatic nitrogens is 2. The van der Waals surface area contributed by atoms with Gasteiger partial charge in [0.2, 0.25) is 17.7 Å². The summed E-state index contributed by atoms with van der Waals surface area (Å²) in [5.41, 5.74) is 3.19. The van der Waals surface area contributed by atoms with Gasteiger partial charge in [0.25, 0.3) is 5.22 Å². The first-order valence-electron chi connectivity index (χ1n) is 8.20. The van der Waals surface area contributed by atoms with Gasteiger partial charge in [0.15, 0.2) is 0 Å². The smallest absolute Gasteiger partial charge is 0.277 e. The van der Waals surface area contributed by atoms with Gasteiger partial charge in [0, 0.05) is 23.9 Å². The lowest BCUT2D eigenvalue weighted by atomic mass is 10.1. The van der Waals surface area contributed by atoms with E-state index < -0.39 is 0 Å². The van der Waals surface area contributed by atoms with Crippen LogP contribution in [0.1, 0.15) is 12.5 Å². The van der Waals surface area contributed by atoms with Crippen LogP contribution in [0, 0.1) is 6.92 Å². The number of aryl methyl sites for hydroxylation is 1. The summed E-state index contributed by atoms with van der Waals surface area (Å²) in [6.07, 6.45) is 0. The third-order valence-corrected chi connectivity index (χ3v) is 4.32. The molecule has 0 aliphatic heterocycles. The standard InChI is InChI=1S/C19H18N4O3S/c1-12-6-8-14(9-7-12)18-22-23-19(26-18)27-11-17(25)21-16-5-3-4-15(10-16)20-13(2)24/h3-10H,11H2,1-2H3,(H,20,24)(H,21,25). The van der Waals surface area contributed by atoms with E-state index in [1.807, 2.05) is 31.2 Å². The van der Waals surface area contributed by atoms with Gasteiger partial charge in [-0.15, -0.1) is 10.2 Å². The number of nitrogens with one attached hydrogen (secondary N) is 2. The number of rotatable bonds is 6. The molecule has 2 N–H and O–H groups in total. The predicted octanol–water partition coefficient (Wildman–Crippen LogP) is 3.73. The summed E-state index contributed by atoms with van der Waals surface area (Å²) in [4.78, 5) is 23.2. The number of carbonyl (C=O) groups excluding carboxylic acids is 2. The molecular formula is C19H18N4O3S. The molecule has 27 heavy (non-hydrogen) atoms. The van der Waals surface area contributed by atoms with E-state index in [1.54, 1.807) is 24.3 Å². The molecule has 1 aromatic heterocycles. The van der Waals surface area contributed by atoms with E-state index in [1.165, 1.54) is 6.92 Å². The van der Waals surface area contributed by atoms with Gasteiger partial charge in [-0.25, -0.2) is 0 Å². The molecule has 0 unspecified atom stereocenters. The van der Waals surface area contributed by atoms with Crippen LogP contribution in [-0.4, -0.2) is 27.8 Å². The number of thioether (sulfide) groups is 1. The van der Waals surface area contributed by atoms with Crippen molar-refractivity contribution in [3.63, 3.8) is 0 Å². The largest absolute Gasteiger partial charge is 0.411 e. The predicted molar refractivity (Wildman–Crippen MR) is 105 cm³/mol. The summed E-state index contributed by atoms with van der Waals surface area (Å²) in [5.74, 6) is 0.158. The maximum Gasteiger partial charge on any atom is 0.277 e. The molecule has 0 fully saturated rings. The average molecular weight is 382 g/mol. The van der Waals surface area contributed by atoms with Crippen molar-refractivity contribution in [1.29, 1.82) is 0 Å². The van der Waals surface area contributed by atoms with Gasteiger partial charge in [0.1, 0.15) is 0 Å². The molecule has 7 nitrogen and oxygen atoms in total. The lowest BCUT2D eigenvalue weighted by molar-refractivity contribution is -0.114. The second kappa shape index (κ2) is 8.50. The molecule has 3 rings (SSSR count). The SMILES string of the molecule is CC(=O)Nc1cccc(NC(=O)CSc2nnc(-c3ccc(C)cc3)o2)c1. The van der Waals surface area contributed by atoms with Gasteiger partial charge in [-0.3, -0.25) is 9.59 Å². The Morgan fingerprint density at radius 3 is 2.44 bits per heavy atom. The molecule has 1 heterocycles. The molecule has 8 heteroatoms. The van der Waals surface area contributed by atoms with Crippen LogP contribution >= 0.6 is 11.8 Å². The van der Waals surface area contributed by atoms with Crippen molar-refractivity contribution in [3.05, 3.63) is 54.1 Å². The second-order valence-corrected chi connectivity index (χ2v) is 6.76. The summed E-state index contributed by atoms with van der Waals surface area (Å²) in [7, 11) is 0. The Morgan fingerprint density at radius 1 is 1.04 bits per heavy atom. The van der Waals surface area contributed by atoms with Gasteiger partial charge in [0.05, 0.1) is 5.75 Å². The van der Waals surface area contributed by atoms with E-state index in [0.29, 0.717) is 22.5 Å². The van der Waals surface area contributed by atoms with Crippen molar-refractivity contribution in [1.82, 2.24) is 10.2 Å². The molecule has 2 aromatic carbocycles. The van der Waals surface area contributed by atoms with Crippen molar-refractivity contribution in [2.75, 3.05) is 16.4 Å². The molecule has 2 amide bonds. The average Bonchev–Trinajstić information content (AvgIpc) is 3.09. The van der Waals surface area contributed by atoms with E-state index in [9.17, 15) is 9.59 Å². The number of benzene rings is 2. The third kappa shape index (κ3) is 5.42. The first-order chi connectivity index (χ1) is 13.0. The van der Waals surface area contributed by atoms with Crippen LogP contribution < -0.4 is 10.6 Å². The highest BCUT2D eigenvalue weighted by Crippen LogP contribution is 2.23. The first kappa shape index (κ1) is 18.7. The van der Waals surface area contributed by atoms with E-state index in [2.05, 4.69) is 20.8 Å². The molecule has 138 valence electrons. The van der Waals surface area contributed by atoms with E-state index in [0.717, 1.165) is 22.9 Å². The van der Waals surface area contributed by atoms with E-state index >= 15 is 0 Å². The molecule has 0 aliphatic carbocycles. The molecule has 0 saturated heterocycles. The van der Waals surface area contributed by atoms with Crippen molar-refractivity contribution >= 4 is 35.0 Å². The Hall–Kier alpha value is -3.13. The molecule has 0 bridgehead atoms. The minimum absolute atomic E-state index is 0.125. The zero-order valence-electron chi connectivity index (χ0n) is 14.9. The number of hydrogen-bond donors (Lipinski definition) is 2. The van der Waals surface area contributed by atoms with Crippen LogP contribution in [0.3, 0.4) is 0 Å².